The van der Waals surface area contributed by atoms with Crippen LogP contribution in [-0.2, 0) is 27.2 Å². The van der Waals surface area contributed by atoms with Crippen LogP contribution in [0.15, 0.2) is 42.5 Å². The Hall–Kier alpha value is -3.22. The van der Waals surface area contributed by atoms with E-state index in [0.717, 1.165) is 16.7 Å². The van der Waals surface area contributed by atoms with Crippen LogP contribution in [0.5, 0.6) is 0 Å². The number of aliphatic carboxylic acids is 1. The van der Waals surface area contributed by atoms with Crippen molar-refractivity contribution in [1.82, 2.24) is 10.6 Å². The van der Waals surface area contributed by atoms with Gasteiger partial charge in [-0.05, 0) is 48.2 Å². The molecule has 0 aliphatic heterocycles. The Morgan fingerprint density at radius 3 is 2.03 bits per heavy atom. The third kappa shape index (κ3) is 6.41. The summed E-state index contributed by atoms with van der Waals surface area (Å²) in [5.41, 5.74) is 3.38. The van der Waals surface area contributed by atoms with Crippen molar-refractivity contribution in [3.8, 4) is 0 Å². The molecule has 0 spiro atoms. The Bertz CT molecular complexity index is 876. The van der Waals surface area contributed by atoms with Crippen molar-refractivity contribution >= 4 is 17.8 Å². The lowest BCUT2D eigenvalue weighted by Gasteiger charge is -2.22. The van der Waals surface area contributed by atoms with Crippen LogP contribution in [0.4, 0.5) is 4.39 Å². The van der Waals surface area contributed by atoms with E-state index >= 15 is 0 Å². The minimum atomic E-state index is -1.16. The Labute approximate surface area is 169 Å². The van der Waals surface area contributed by atoms with Crippen LogP contribution in [0.1, 0.15) is 29.2 Å². The lowest BCUT2D eigenvalue weighted by Crippen LogP contribution is -2.52. The Kier molecular flexibility index (Phi) is 7.47. The van der Waals surface area contributed by atoms with Crippen molar-refractivity contribution in [2.75, 3.05) is 0 Å². The number of hydrogen-bond donors (Lipinski definition) is 3. The van der Waals surface area contributed by atoms with Crippen LogP contribution < -0.4 is 10.6 Å². The monoisotopic (exact) mass is 400 g/mol. The number of hydrogen-bond acceptors (Lipinski definition) is 3. The quantitative estimate of drug-likeness (QED) is 0.634. The SMILES string of the molecule is CC(=O)N[C@@H](Cc1ccc(F)cc1)C(=O)N[C@H](Cc1c(C)cccc1C)C(=O)O. The molecule has 0 radical (unpaired) electrons. The van der Waals surface area contributed by atoms with Gasteiger partial charge in [0, 0.05) is 19.8 Å². The van der Waals surface area contributed by atoms with Crippen LogP contribution >= 0.6 is 0 Å². The normalized spacial score (nSPS) is 12.7. The Morgan fingerprint density at radius 1 is 0.931 bits per heavy atom. The molecule has 0 aromatic heterocycles. The molecule has 7 heteroatoms. The van der Waals surface area contributed by atoms with Gasteiger partial charge in [-0.2, -0.15) is 0 Å². The molecule has 2 amide bonds. The molecule has 0 heterocycles. The molecule has 154 valence electrons. The number of benzene rings is 2. The van der Waals surface area contributed by atoms with E-state index in [4.69, 9.17) is 0 Å². The zero-order valence-corrected chi connectivity index (χ0v) is 16.7. The predicted molar refractivity (Wildman–Crippen MR) is 107 cm³/mol. The van der Waals surface area contributed by atoms with E-state index in [2.05, 4.69) is 10.6 Å². The van der Waals surface area contributed by atoms with Crippen LogP contribution in [0.25, 0.3) is 0 Å². The van der Waals surface area contributed by atoms with E-state index < -0.39 is 35.7 Å². The van der Waals surface area contributed by atoms with Crippen LogP contribution in [0, 0.1) is 19.7 Å². The molecule has 0 bridgehead atoms. The molecule has 3 N–H and O–H groups in total. The van der Waals surface area contributed by atoms with Crippen molar-refractivity contribution in [1.29, 1.82) is 0 Å². The molecule has 0 saturated carbocycles. The maximum atomic E-state index is 13.1. The first kappa shape index (κ1) is 22.1. The van der Waals surface area contributed by atoms with Gasteiger partial charge in [-0.15, -0.1) is 0 Å². The summed E-state index contributed by atoms with van der Waals surface area (Å²) in [6.45, 7) is 5.05. The van der Waals surface area contributed by atoms with Crippen LogP contribution in [-0.4, -0.2) is 35.0 Å². The summed E-state index contributed by atoms with van der Waals surface area (Å²) >= 11 is 0. The van der Waals surface area contributed by atoms with Crippen molar-refractivity contribution in [2.45, 2.75) is 45.7 Å². The van der Waals surface area contributed by atoms with E-state index in [-0.39, 0.29) is 12.8 Å². The molecule has 0 unspecified atom stereocenters. The minimum Gasteiger partial charge on any atom is -0.480 e. The molecule has 29 heavy (non-hydrogen) atoms. The minimum absolute atomic E-state index is 0.113. The van der Waals surface area contributed by atoms with Gasteiger partial charge in [0.1, 0.15) is 17.9 Å². The number of carbonyl (C=O) groups excluding carboxylic acids is 2. The number of aryl methyl sites for hydroxylation is 2. The number of nitrogens with one attached hydrogen (secondary N) is 2. The van der Waals surface area contributed by atoms with E-state index in [9.17, 15) is 23.9 Å². The molecule has 2 rings (SSSR count). The third-order valence-corrected chi connectivity index (χ3v) is 4.71. The number of carboxylic acids is 1. The average Bonchev–Trinajstić information content (AvgIpc) is 2.64. The summed E-state index contributed by atoms with van der Waals surface area (Å²) < 4.78 is 13.1. The maximum Gasteiger partial charge on any atom is 0.326 e. The van der Waals surface area contributed by atoms with Gasteiger partial charge >= 0.3 is 5.97 Å². The molecular formula is C22H25FN2O4. The zero-order chi connectivity index (χ0) is 21.6. The van der Waals surface area contributed by atoms with Gasteiger partial charge in [-0.25, -0.2) is 9.18 Å². The standard InChI is InChI=1S/C22H25FN2O4/c1-13-5-4-6-14(2)18(13)12-20(22(28)29)25-21(27)19(24-15(3)26)11-16-7-9-17(23)10-8-16/h4-10,19-20H,11-12H2,1-3H3,(H,24,26)(H,25,27)(H,28,29)/t19-,20+/m0/s1. The molecule has 2 aromatic rings. The fourth-order valence-corrected chi connectivity index (χ4v) is 3.16. The number of amides is 2. The summed E-state index contributed by atoms with van der Waals surface area (Å²) in [5, 5.41) is 14.7. The summed E-state index contributed by atoms with van der Waals surface area (Å²) in [6, 6.07) is 9.10. The van der Waals surface area contributed by atoms with Crippen molar-refractivity contribution in [3.05, 3.63) is 70.5 Å². The van der Waals surface area contributed by atoms with Gasteiger partial charge in [0.2, 0.25) is 11.8 Å². The number of halogens is 1. The lowest BCUT2D eigenvalue weighted by atomic mass is 9.96. The van der Waals surface area contributed by atoms with Gasteiger partial charge in [-0.1, -0.05) is 30.3 Å². The molecular weight excluding hydrogens is 375 g/mol. The predicted octanol–water partition coefficient (Wildman–Crippen LogP) is 2.30. The molecule has 2 aromatic carbocycles. The van der Waals surface area contributed by atoms with E-state index in [1.807, 2.05) is 32.0 Å². The highest BCUT2D eigenvalue weighted by atomic mass is 19.1. The number of carboxylic acid groups (broad SMARTS) is 1. The first-order valence-electron chi connectivity index (χ1n) is 9.27. The summed E-state index contributed by atoms with van der Waals surface area (Å²) in [6.07, 6.45) is 0.240. The maximum absolute atomic E-state index is 13.1. The zero-order valence-electron chi connectivity index (χ0n) is 16.7. The Morgan fingerprint density at radius 2 is 1.52 bits per heavy atom. The van der Waals surface area contributed by atoms with Gasteiger partial charge in [0.25, 0.3) is 0 Å². The highest BCUT2D eigenvalue weighted by molar-refractivity contribution is 5.90. The topological polar surface area (TPSA) is 95.5 Å². The second-order valence-electron chi connectivity index (χ2n) is 7.06. The second-order valence-corrected chi connectivity index (χ2v) is 7.06. The molecule has 0 aliphatic rings. The smallest absolute Gasteiger partial charge is 0.326 e. The summed E-state index contributed by atoms with van der Waals surface area (Å²) in [5.74, 6) is -2.60. The highest BCUT2D eigenvalue weighted by Crippen LogP contribution is 2.16. The third-order valence-electron chi connectivity index (χ3n) is 4.71. The highest BCUT2D eigenvalue weighted by Gasteiger charge is 2.27. The fraction of sp³-hybridized carbons (Fsp3) is 0.318. The van der Waals surface area contributed by atoms with Crippen molar-refractivity contribution < 1.29 is 23.9 Å². The number of carbonyl (C=O) groups is 3. The van der Waals surface area contributed by atoms with E-state index in [0.29, 0.717) is 5.56 Å². The van der Waals surface area contributed by atoms with Gasteiger partial charge < -0.3 is 15.7 Å². The second kappa shape index (κ2) is 9.82. The van der Waals surface area contributed by atoms with Crippen molar-refractivity contribution in [2.24, 2.45) is 0 Å². The molecule has 2 atom stereocenters. The van der Waals surface area contributed by atoms with Gasteiger partial charge in [0.05, 0.1) is 0 Å². The Balaban J connectivity index is 2.18. The first-order chi connectivity index (χ1) is 13.7. The van der Waals surface area contributed by atoms with Crippen molar-refractivity contribution in [3.63, 3.8) is 0 Å². The summed E-state index contributed by atoms with van der Waals surface area (Å²) in [7, 11) is 0. The van der Waals surface area contributed by atoms with E-state index in [1.165, 1.54) is 31.2 Å². The largest absolute Gasteiger partial charge is 0.480 e. The molecule has 0 fully saturated rings. The molecule has 0 saturated heterocycles. The molecule has 6 nitrogen and oxygen atoms in total. The molecule has 0 aliphatic carbocycles. The summed E-state index contributed by atoms with van der Waals surface area (Å²) in [4.78, 5) is 36.1. The van der Waals surface area contributed by atoms with Crippen LogP contribution in [0.2, 0.25) is 0 Å². The van der Waals surface area contributed by atoms with Crippen LogP contribution in [0.3, 0.4) is 0 Å². The average molecular weight is 400 g/mol. The lowest BCUT2D eigenvalue weighted by molar-refractivity contribution is -0.142. The number of rotatable bonds is 8. The van der Waals surface area contributed by atoms with Gasteiger partial charge in [0.15, 0.2) is 0 Å². The van der Waals surface area contributed by atoms with Gasteiger partial charge in [-0.3, -0.25) is 9.59 Å². The fourth-order valence-electron chi connectivity index (χ4n) is 3.16. The van der Waals surface area contributed by atoms with E-state index in [1.54, 1.807) is 0 Å². The first-order valence-corrected chi connectivity index (χ1v) is 9.27.